The van der Waals surface area contributed by atoms with Crippen molar-refractivity contribution in [3.05, 3.63) is 115 Å². The number of benzene rings is 4. The highest BCUT2D eigenvalue weighted by molar-refractivity contribution is 8.17. The van der Waals surface area contributed by atoms with Crippen LogP contribution in [-0.2, 0) is 9.59 Å². The Morgan fingerprint density at radius 2 is 0.822 bits per heavy atom. The highest BCUT2D eigenvalue weighted by atomic mass is 32.2. The number of ether oxygens (including phenoxy) is 8. The summed E-state index contributed by atoms with van der Waals surface area (Å²) in [7, 11) is 5.88. The third-order valence-electron chi connectivity index (χ3n) is 15.2. The Labute approximate surface area is 543 Å². The summed E-state index contributed by atoms with van der Waals surface area (Å²) in [6, 6.07) is 15.8. The normalized spacial score (nSPS) is 15.9. The molecule has 26 heteroatoms. The molecule has 7 rings (SSSR count). The van der Waals surface area contributed by atoms with Crippen LogP contribution >= 0.6 is 47.0 Å². The number of hydrogen-bond donors (Lipinski definition) is 0. The van der Waals surface area contributed by atoms with Crippen LogP contribution < -0.4 is 37.9 Å². The molecule has 4 amide bonds. The van der Waals surface area contributed by atoms with Crippen LogP contribution in [0.15, 0.2) is 72.8 Å². The molecule has 0 aliphatic carbocycles. The van der Waals surface area contributed by atoms with E-state index < -0.39 is 9.85 Å². The van der Waals surface area contributed by atoms with Crippen LogP contribution in [0.1, 0.15) is 98.1 Å². The molecule has 3 aliphatic rings. The van der Waals surface area contributed by atoms with E-state index in [-0.39, 0.29) is 117 Å². The summed E-state index contributed by atoms with van der Waals surface area (Å²) >= 11 is 7.18. The summed E-state index contributed by atoms with van der Waals surface area (Å²) in [5.74, 6) is 4.95. The first-order chi connectivity index (χ1) is 43.6. The maximum Gasteiger partial charge on any atom is 0.286 e. The van der Waals surface area contributed by atoms with Crippen molar-refractivity contribution in [3.8, 4) is 46.0 Å². The molecule has 3 heterocycles. The van der Waals surface area contributed by atoms with Crippen LogP contribution in [0.3, 0.4) is 0 Å². The van der Waals surface area contributed by atoms with Crippen molar-refractivity contribution in [2.75, 3.05) is 117 Å². The van der Waals surface area contributed by atoms with Crippen LogP contribution in [0.25, 0.3) is 12.2 Å². The molecular weight excluding hydrogens is 1240 g/mol. The molecule has 3 aliphatic heterocycles. The van der Waals surface area contributed by atoms with Crippen LogP contribution in [0, 0.1) is 20.2 Å². The number of nitro groups is 2. The molecule has 0 unspecified atom stereocenters. The molecule has 0 radical (unpaired) electrons. The van der Waals surface area contributed by atoms with Crippen LogP contribution in [0.4, 0.5) is 11.4 Å². The smallest absolute Gasteiger partial charge is 0.286 e. The molecule has 0 bridgehead atoms. The lowest BCUT2D eigenvalue weighted by molar-refractivity contribution is -0.385. The minimum atomic E-state index is -0.561. The maximum atomic E-state index is 13.9. The van der Waals surface area contributed by atoms with Gasteiger partial charge in [0.25, 0.3) is 23.2 Å². The summed E-state index contributed by atoms with van der Waals surface area (Å²) in [5.41, 5.74) is 0.639. The van der Waals surface area contributed by atoms with E-state index in [0.717, 1.165) is 48.7 Å². The van der Waals surface area contributed by atoms with Crippen molar-refractivity contribution in [1.82, 2.24) is 19.6 Å². The van der Waals surface area contributed by atoms with E-state index in [1.54, 1.807) is 115 Å². The molecule has 0 N–H and O–H groups in total. The summed E-state index contributed by atoms with van der Waals surface area (Å²) < 4.78 is 46.6. The van der Waals surface area contributed by atoms with E-state index in [4.69, 9.17) is 37.9 Å². The average molecular weight is 1320 g/mol. The minimum Gasteiger partial charge on any atom is -0.493 e. The fraction of sp³-hybridized carbons (Fsp3) is 0.500. The van der Waals surface area contributed by atoms with Crippen molar-refractivity contribution in [3.63, 3.8) is 0 Å². The van der Waals surface area contributed by atoms with Crippen molar-refractivity contribution >= 4 is 94.2 Å². The summed E-state index contributed by atoms with van der Waals surface area (Å²) in [6.07, 6.45) is 10.5. The van der Waals surface area contributed by atoms with Gasteiger partial charge in [0.1, 0.15) is 11.1 Å². The van der Waals surface area contributed by atoms with Crippen LogP contribution in [0.5, 0.6) is 46.0 Å². The lowest BCUT2D eigenvalue weighted by Gasteiger charge is -2.33. The van der Waals surface area contributed by atoms with Gasteiger partial charge < -0.3 is 57.5 Å². The number of nitrogens with zero attached hydrogens (tertiary/aromatic N) is 6. The van der Waals surface area contributed by atoms with Gasteiger partial charge >= 0.3 is 0 Å². The highest BCUT2D eigenvalue weighted by Crippen LogP contribution is 2.42. The molecular formula is C64H82N6O16S4. The molecule has 0 spiro atoms. The Balaban J connectivity index is 0.834. The number of piperazine rings is 1. The summed E-state index contributed by atoms with van der Waals surface area (Å²) in [5, 5.41) is 24.7. The third kappa shape index (κ3) is 18.5. The largest absolute Gasteiger partial charge is 0.493 e. The molecule has 2 atom stereocenters. The van der Waals surface area contributed by atoms with E-state index in [2.05, 4.69) is 27.7 Å². The first kappa shape index (κ1) is 70.3. The Morgan fingerprint density at radius 1 is 0.489 bits per heavy atom. The number of hydrogen-bond acceptors (Lipinski definition) is 20. The Morgan fingerprint density at radius 3 is 1.14 bits per heavy atom. The van der Waals surface area contributed by atoms with E-state index in [1.807, 2.05) is 0 Å². The van der Waals surface area contributed by atoms with Gasteiger partial charge in [0.05, 0.1) is 98.1 Å². The van der Waals surface area contributed by atoms with Gasteiger partial charge in [-0.1, -0.05) is 39.8 Å². The number of rotatable bonds is 34. The number of thioether (sulfide) groups is 4. The minimum absolute atomic E-state index is 0.0327. The molecule has 90 heavy (non-hydrogen) atoms. The zero-order chi connectivity index (χ0) is 64.7. The molecule has 3 fully saturated rings. The average Bonchev–Trinajstić information content (AvgIpc) is 1.53. The molecule has 0 saturated carbocycles. The standard InChI is InChI=1S/C64H82N6O16S4/c1-9-87-63(88-10-2)47-17-13-27-67(47)61(73)45-39-55(81-7)57(41-49(45)69(75)76)85-35-15-33-83-51-23-19-43(37-53(51)79-5)21-25-59(71)65-29-31-66(32-30-65)60(72)26-22-44-20-24-52(54(38-44)80-6)84-34-16-36-86-58-42-50(70(77)78)46(40-56(58)82-8)62(74)68-28-14-18-48(68)64(89-11-3)90-12-4/h19-26,37-42,47-48,63-64H,9-18,27-36H2,1-8H3/b25-21+,26-22+/t47-,48-/m0/s1. The monoisotopic (exact) mass is 1320 g/mol. The van der Waals surface area contributed by atoms with E-state index >= 15 is 0 Å². The van der Waals surface area contributed by atoms with E-state index in [0.29, 0.717) is 86.2 Å². The first-order valence-corrected chi connectivity index (χ1v) is 34.4. The molecule has 488 valence electrons. The molecule has 22 nitrogen and oxygen atoms in total. The lowest BCUT2D eigenvalue weighted by Crippen LogP contribution is -2.49. The van der Waals surface area contributed by atoms with Crippen LogP contribution in [-0.4, -0.2) is 191 Å². The molecule has 4 aromatic rings. The second-order valence-electron chi connectivity index (χ2n) is 20.8. The van der Waals surface area contributed by atoms with Gasteiger partial charge in [0.2, 0.25) is 11.8 Å². The topological polar surface area (TPSA) is 241 Å². The number of nitro benzene ring substituents is 2. The second kappa shape index (κ2) is 35.4. The zero-order valence-electron chi connectivity index (χ0n) is 52.4. The maximum absolute atomic E-state index is 13.9. The van der Waals surface area contributed by atoms with Crippen molar-refractivity contribution in [1.29, 1.82) is 0 Å². The number of methoxy groups -OCH3 is 4. The van der Waals surface area contributed by atoms with Gasteiger partial charge in [-0.15, -0.1) is 47.0 Å². The van der Waals surface area contributed by atoms with Gasteiger partial charge in [-0.05, 0) is 96.2 Å². The predicted molar refractivity (Wildman–Crippen MR) is 356 cm³/mol. The fourth-order valence-corrected chi connectivity index (χ4v) is 16.5. The summed E-state index contributed by atoms with van der Waals surface area (Å²) in [4.78, 5) is 84.9. The first-order valence-electron chi connectivity index (χ1n) is 30.2. The Bertz CT molecular complexity index is 2960. The third-order valence-corrected chi connectivity index (χ3v) is 20.8. The number of carbonyl (C=O) groups excluding carboxylic acids is 4. The van der Waals surface area contributed by atoms with Crippen molar-refractivity contribution in [2.45, 2.75) is 87.5 Å². The molecule has 3 saturated heterocycles. The lowest BCUT2D eigenvalue weighted by atomic mass is 10.1. The number of likely N-dealkylation sites (tertiary alicyclic amines) is 2. The SMILES string of the molecule is CCSC(SCC)[C@@H]1CCCN1C(=O)c1cc(OC)c(OCCCOc2ccc(/C=C/C(=O)N3CCN(C(=O)/C=C/c4ccc(OCCCOc5cc([N+](=O)[O-])c(C(=O)N6CCC[C@H]6C(SCC)SCC)cc5OC)c(OC)c4)CC3)cc2OC)cc1[N+](=O)[O-]. The van der Waals surface area contributed by atoms with Crippen molar-refractivity contribution < 1.29 is 66.9 Å². The summed E-state index contributed by atoms with van der Waals surface area (Å²) in [6.45, 7) is 11.5. The van der Waals surface area contributed by atoms with Gasteiger partial charge in [-0.25, -0.2) is 0 Å². The Kier molecular flexibility index (Phi) is 27.7. The van der Waals surface area contributed by atoms with Gasteiger partial charge in [-0.2, -0.15) is 0 Å². The fourth-order valence-electron chi connectivity index (χ4n) is 10.8. The van der Waals surface area contributed by atoms with Crippen molar-refractivity contribution in [2.24, 2.45) is 0 Å². The van der Waals surface area contributed by atoms with Crippen LogP contribution in [0.2, 0.25) is 0 Å². The number of amides is 4. The number of carbonyl (C=O) groups is 4. The van der Waals surface area contributed by atoms with Gasteiger partial charge in [0.15, 0.2) is 46.0 Å². The second-order valence-corrected chi connectivity index (χ2v) is 27.0. The van der Waals surface area contributed by atoms with Gasteiger partial charge in [0, 0.05) is 76.4 Å². The molecule has 4 aromatic carbocycles. The zero-order valence-corrected chi connectivity index (χ0v) is 55.6. The predicted octanol–water partition coefficient (Wildman–Crippen LogP) is 11.5. The van der Waals surface area contributed by atoms with E-state index in [1.165, 1.54) is 64.9 Å². The highest BCUT2D eigenvalue weighted by Gasteiger charge is 2.40. The Hall–Kier alpha value is -7.16. The molecule has 0 aromatic heterocycles. The van der Waals surface area contributed by atoms with E-state index in [9.17, 15) is 39.4 Å². The van der Waals surface area contributed by atoms with Gasteiger partial charge in [-0.3, -0.25) is 39.4 Å². The quantitative estimate of drug-likeness (QED) is 0.0139.